The molecule has 0 saturated carbocycles. The number of halogens is 2. The summed E-state index contributed by atoms with van der Waals surface area (Å²) in [4.78, 5) is 6.65. The summed E-state index contributed by atoms with van der Waals surface area (Å²) in [5.74, 6) is -0.555. The summed E-state index contributed by atoms with van der Waals surface area (Å²) in [6.45, 7) is 4.61. The molecule has 0 bridgehead atoms. The lowest BCUT2D eigenvalue weighted by molar-refractivity contribution is 0.551. The molecule has 3 nitrogen and oxygen atoms in total. The molecule has 0 radical (unpaired) electrons. The van der Waals surface area contributed by atoms with Gasteiger partial charge >= 0.3 is 0 Å². The topological polar surface area (TPSA) is 32.7 Å². The van der Waals surface area contributed by atoms with Crippen LogP contribution in [-0.4, -0.2) is 29.0 Å². The van der Waals surface area contributed by atoms with Crippen LogP contribution in [-0.2, 0) is 10.8 Å². The first-order valence-electron chi connectivity index (χ1n) is 7.15. The van der Waals surface area contributed by atoms with Crippen LogP contribution in [0.4, 0.5) is 10.1 Å². The van der Waals surface area contributed by atoms with Crippen molar-refractivity contribution in [3.63, 3.8) is 0 Å². The number of hydrogen-bond donors (Lipinski definition) is 0. The molecule has 0 aliphatic heterocycles. The molecular formula is C17H18ClFN2OS. The highest BCUT2D eigenvalue weighted by atomic mass is 35.5. The molecule has 2 rings (SSSR count). The predicted octanol–water partition coefficient (Wildman–Crippen LogP) is 4.57. The van der Waals surface area contributed by atoms with Crippen molar-refractivity contribution in [1.29, 1.82) is 0 Å². The van der Waals surface area contributed by atoms with Crippen LogP contribution in [0.15, 0.2) is 51.2 Å². The van der Waals surface area contributed by atoms with Crippen molar-refractivity contribution in [2.24, 2.45) is 4.99 Å². The molecule has 0 saturated heterocycles. The minimum atomic E-state index is -1.67. The maximum Gasteiger partial charge on any atom is 0.141 e. The summed E-state index contributed by atoms with van der Waals surface area (Å²) in [6, 6.07) is 9.61. The van der Waals surface area contributed by atoms with Gasteiger partial charge in [-0.05, 0) is 37.6 Å². The second-order valence-electron chi connectivity index (χ2n) is 5.09. The number of nitrogens with zero attached hydrogens (tertiary/aromatic N) is 2. The van der Waals surface area contributed by atoms with E-state index < -0.39 is 16.6 Å². The van der Waals surface area contributed by atoms with Crippen LogP contribution in [0.5, 0.6) is 0 Å². The highest BCUT2D eigenvalue weighted by Gasteiger charge is 2.17. The molecule has 2 aromatic rings. The van der Waals surface area contributed by atoms with Crippen LogP contribution in [0.25, 0.3) is 0 Å². The number of aryl methyl sites for hydroxylation is 1. The summed E-state index contributed by atoms with van der Waals surface area (Å²) >= 11 is 6.05. The fourth-order valence-electron chi connectivity index (χ4n) is 1.88. The molecule has 0 spiro atoms. The second kappa shape index (κ2) is 7.70. The van der Waals surface area contributed by atoms with E-state index in [0.29, 0.717) is 15.6 Å². The third kappa shape index (κ3) is 4.18. The SMILES string of the molecule is CCN(C)C=Nc1cc(F)c(S(=O)c2ccccc2Cl)cc1C. The van der Waals surface area contributed by atoms with Crippen LogP contribution in [0.3, 0.4) is 0 Å². The van der Waals surface area contributed by atoms with Crippen molar-refractivity contribution in [3.8, 4) is 0 Å². The Labute approximate surface area is 143 Å². The standard InChI is InChI=1S/C17H18ClFN2OS/c1-4-21(3)11-20-15-10-14(19)17(9-12(15)2)23(22)16-8-6-5-7-13(16)18/h5-11H,4H2,1-3H3. The molecule has 2 aromatic carbocycles. The summed E-state index contributed by atoms with van der Waals surface area (Å²) in [7, 11) is 0.213. The molecule has 6 heteroatoms. The van der Waals surface area contributed by atoms with Crippen LogP contribution in [0.1, 0.15) is 12.5 Å². The lowest BCUT2D eigenvalue weighted by Gasteiger charge is -2.11. The number of hydrogen-bond acceptors (Lipinski definition) is 2. The summed E-state index contributed by atoms with van der Waals surface area (Å²) in [6.07, 6.45) is 1.65. The Morgan fingerprint density at radius 3 is 2.65 bits per heavy atom. The van der Waals surface area contributed by atoms with Gasteiger partial charge in [0.15, 0.2) is 0 Å². The Morgan fingerprint density at radius 2 is 2.00 bits per heavy atom. The van der Waals surface area contributed by atoms with Crippen LogP contribution in [0.2, 0.25) is 5.02 Å². The molecule has 1 unspecified atom stereocenters. The van der Waals surface area contributed by atoms with Crippen molar-refractivity contribution < 1.29 is 8.60 Å². The van der Waals surface area contributed by atoms with E-state index in [0.717, 1.165) is 12.1 Å². The van der Waals surface area contributed by atoms with E-state index >= 15 is 0 Å². The van der Waals surface area contributed by atoms with Crippen LogP contribution < -0.4 is 0 Å². The predicted molar refractivity (Wildman–Crippen MR) is 93.7 cm³/mol. The molecule has 0 aliphatic carbocycles. The van der Waals surface area contributed by atoms with Gasteiger partial charge in [-0.2, -0.15) is 0 Å². The highest BCUT2D eigenvalue weighted by Crippen LogP contribution is 2.29. The quantitative estimate of drug-likeness (QED) is 0.583. The third-order valence-electron chi connectivity index (χ3n) is 3.38. The van der Waals surface area contributed by atoms with E-state index in [-0.39, 0.29) is 4.90 Å². The normalized spacial score (nSPS) is 12.6. The molecule has 0 heterocycles. The average Bonchev–Trinajstić information content (AvgIpc) is 2.54. The molecule has 23 heavy (non-hydrogen) atoms. The van der Waals surface area contributed by atoms with Crippen molar-refractivity contribution in [3.05, 3.63) is 52.8 Å². The summed E-state index contributed by atoms with van der Waals surface area (Å²) < 4.78 is 27.0. The van der Waals surface area contributed by atoms with E-state index in [2.05, 4.69) is 4.99 Å². The van der Waals surface area contributed by atoms with Crippen LogP contribution in [0, 0.1) is 12.7 Å². The van der Waals surface area contributed by atoms with E-state index in [4.69, 9.17) is 11.6 Å². The second-order valence-corrected chi connectivity index (χ2v) is 6.91. The van der Waals surface area contributed by atoms with Gasteiger partial charge in [0.05, 0.1) is 37.6 Å². The lowest BCUT2D eigenvalue weighted by Crippen LogP contribution is -2.14. The highest BCUT2D eigenvalue weighted by molar-refractivity contribution is 7.85. The van der Waals surface area contributed by atoms with Gasteiger partial charge in [-0.15, -0.1) is 0 Å². The minimum absolute atomic E-state index is 0.110. The van der Waals surface area contributed by atoms with Crippen molar-refractivity contribution in [1.82, 2.24) is 4.90 Å². The van der Waals surface area contributed by atoms with E-state index in [1.165, 1.54) is 6.07 Å². The Bertz CT molecular complexity index is 764. The largest absolute Gasteiger partial charge is 0.366 e. The molecule has 0 fully saturated rings. The van der Waals surface area contributed by atoms with Gasteiger partial charge in [0.25, 0.3) is 0 Å². The van der Waals surface area contributed by atoms with Crippen molar-refractivity contribution in [2.75, 3.05) is 13.6 Å². The first-order valence-corrected chi connectivity index (χ1v) is 8.67. The molecule has 0 aromatic heterocycles. The molecule has 122 valence electrons. The van der Waals surface area contributed by atoms with E-state index in [9.17, 15) is 8.60 Å². The molecule has 0 amide bonds. The smallest absolute Gasteiger partial charge is 0.141 e. The Balaban J connectivity index is 2.39. The van der Waals surface area contributed by atoms with E-state index in [1.807, 2.05) is 25.8 Å². The lowest BCUT2D eigenvalue weighted by atomic mass is 10.2. The van der Waals surface area contributed by atoms with Gasteiger partial charge in [-0.3, -0.25) is 0 Å². The maximum atomic E-state index is 14.4. The molecular weight excluding hydrogens is 335 g/mol. The summed E-state index contributed by atoms with van der Waals surface area (Å²) in [5, 5.41) is 0.356. The fraction of sp³-hybridized carbons (Fsp3) is 0.235. The molecule has 1 atom stereocenters. The monoisotopic (exact) mass is 352 g/mol. The van der Waals surface area contributed by atoms with E-state index in [1.54, 1.807) is 36.7 Å². The first-order chi connectivity index (χ1) is 10.9. The van der Waals surface area contributed by atoms with Gasteiger partial charge in [-0.25, -0.2) is 13.6 Å². The fourth-order valence-corrected chi connectivity index (χ4v) is 3.43. The van der Waals surface area contributed by atoms with Crippen molar-refractivity contribution >= 4 is 34.4 Å². The van der Waals surface area contributed by atoms with Gasteiger partial charge in [0, 0.05) is 19.7 Å². The van der Waals surface area contributed by atoms with Crippen molar-refractivity contribution in [2.45, 2.75) is 23.6 Å². The van der Waals surface area contributed by atoms with Crippen LogP contribution >= 0.6 is 11.6 Å². The average molecular weight is 353 g/mol. The maximum absolute atomic E-state index is 14.4. The molecule has 0 N–H and O–H groups in total. The first kappa shape index (κ1) is 17.6. The van der Waals surface area contributed by atoms with Gasteiger partial charge < -0.3 is 4.90 Å². The number of aliphatic imine (C=N–C) groups is 1. The zero-order valence-electron chi connectivity index (χ0n) is 13.2. The van der Waals surface area contributed by atoms with Gasteiger partial charge in [0.2, 0.25) is 0 Å². The van der Waals surface area contributed by atoms with Gasteiger partial charge in [0.1, 0.15) is 5.82 Å². The zero-order chi connectivity index (χ0) is 17.0. The Hall–Kier alpha value is -1.72. The van der Waals surface area contributed by atoms with Gasteiger partial charge in [-0.1, -0.05) is 23.7 Å². The Kier molecular flexibility index (Phi) is 5.91. The Morgan fingerprint density at radius 1 is 1.30 bits per heavy atom. The third-order valence-corrected chi connectivity index (χ3v) is 5.29. The number of benzene rings is 2. The summed E-state index contributed by atoms with van der Waals surface area (Å²) in [5.41, 5.74) is 1.27. The zero-order valence-corrected chi connectivity index (χ0v) is 14.8. The molecule has 0 aliphatic rings. The minimum Gasteiger partial charge on any atom is -0.366 e. The number of rotatable bonds is 5.